The largest absolute Gasteiger partial charge is 0.455 e. The van der Waals surface area contributed by atoms with Gasteiger partial charge < -0.3 is 18.6 Å². The van der Waals surface area contributed by atoms with Gasteiger partial charge in [0.1, 0.15) is 16.7 Å². The molecule has 0 N–H and O–H groups in total. The highest BCUT2D eigenvalue weighted by Gasteiger charge is 2.62. The zero-order valence-electron chi connectivity index (χ0n) is 52.4. The summed E-state index contributed by atoms with van der Waals surface area (Å²) in [6, 6.07) is 58.9. The Bertz CT molecular complexity index is 4310. The minimum absolute atomic E-state index is 0.00117. The van der Waals surface area contributed by atoms with Gasteiger partial charge in [-0.3, -0.25) is 4.90 Å². The summed E-state index contributed by atoms with van der Waals surface area (Å²) in [6.45, 7) is 35.7. The van der Waals surface area contributed by atoms with E-state index in [4.69, 9.17) is 8.83 Å². The molecule has 8 aromatic carbocycles. The zero-order chi connectivity index (χ0) is 58.6. The van der Waals surface area contributed by atoms with Gasteiger partial charge in [-0.15, -0.1) is 0 Å². The molecule has 5 nitrogen and oxygen atoms in total. The van der Waals surface area contributed by atoms with E-state index in [1.165, 1.54) is 84.9 Å². The fourth-order valence-corrected chi connectivity index (χ4v) is 16.2. The van der Waals surface area contributed by atoms with Crippen molar-refractivity contribution in [1.29, 1.82) is 0 Å². The molecule has 1 saturated carbocycles. The van der Waals surface area contributed by atoms with Crippen molar-refractivity contribution in [2.45, 2.75) is 180 Å². The Labute approximate surface area is 499 Å². The lowest BCUT2D eigenvalue weighted by molar-refractivity contribution is 0.195. The SMILES string of the molecule is CC(C)(C)c1ccc(N(c2ccc(C(C)(C)C)cc2)c2cc3c4c(c2)N2c5c(cc(-c6cccc7c6oc6ccccc67)cc5C5(C)CCCCC25C)B4c2c(oc4cc5c(cc24)C(C)(C)CCC5(C)C)N3c2ccc(C(C)(C)C)cc2)cc1. The number of nitrogens with zero attached hydrogens (tertiary/aromatic N) is 3. The maximum atomic E-state index is 7.81. The molecular weight excluding hydrogens is 1020 g/mol. The molecule has 10 aromatic rings. The molecule has 1 fully saturated rings. The van der Waals surface area contributed by atoms with Crippen molar-refractivity contribution >= 4 is 102 Å². The highest BCUT2D eigenvalue weighted by Crippen LogP contribution is 2.63. The Morgan fingerprint density at radius 3 is 1.68 bits per heavy atom. The zero-order valence-corrected chi connectivity index (χ0v) is 52.4. The second kappa shape index (κ2) is 17.6. The van der Waals surface area contributed by atoms with E-state index in [9.17, 15) is 0 Å². The minimum atomic E-state index is -0.246. The van der Waals surface area contributed by atoms with Crippen LogP contribution in [0, 0.1) is 0 Å². The van der Waals surface area contributed by atoms with Crippen LogP contribution in [-0.2, 0) is 32.5 Å². The summed E-state index contributed by atoms with van der Waals surface area (Å²) in [5, 5.41) is 3.53. The standard InChI is InChI=1S/C78H82BN3O2/c1-72(2,3)48-25-31-51(32-26-48)80(52-33-27-49(28-34-52)73(4,5)6)54-43-63-68-64(44-54)82-69-61(77(14)37-18-19-38-78(77,82)15)41-47(55-22-20-23-57-56-21-16-17-24-65(56)83-70(55)57)42-62(69)79(68)67-58-45-59-60(76(12,13)40-39-75(59,10)11)46-66(58)84-71(67)81(63)53-35-29-50(30-36-53)74(7,8)9/h16-17,20-36,41-46H,18-19,37-40H2,1-15H3. The van der Waals surface area contributed by atoms with Gasteiger partial charge in [0, 0.05) is 66.7 Å². The molecule has 2 aliphatic carbocycles. The van der Waals surface area contributed by atoms with Gasteiger partial charge in [0.25, 0.3) is 6.71 Å². The molecule has 3 aliphatic heterocycles. The first kappa shape index (κ1) is 53.3. The van der Waals surface area contributed by atoms with Crippen LogP contribution in [0.4, 0.5) is 45.7 Å². The molecule has 0 spiro atoms. The number of hydrogen-bond donors (Lipinski definition) is 0. The lowest BCUT2D eigenvalue weighted by atomic mass is 9.33. The number of hydrogen-bond acceptors (Lipinski definition) is 5. The van der Waals surface area contributed by atoms with Crippen molar-refractivity contribution in [2.75, 3.05) is 14.7 Å². The molecule has 0 amide bonds. The van der Waals surface area contributed by atoms with Crippen molar-refractivity contribution < 1.29 is 8.83 Å². The predicted molar refractivity (Wildman–Crippen MR) is 357 cm³/mol. The Hall–Kier alpha value is -7.44. The van der Waals surface area contributed by atoms with Crippen LogP contribution in [0.5, 0.6) is 0 Å². The highest BCUT2D eigenvalue weighted by molar-refractivity contribution is 7.01. The lowest BCUT2D eigenvalue weighted by Gasteiger charge is -2.52. The van der Waals surface area contributed by atoms with E-state index < -0.39 is 0 Å². The van der Waals surface area contributed by atoms with Gasteiger partial charge in [0.05, 0.1) is 11.2 Å². The van der Waals surface area contributed by atoms with Crippen molar-refractivity contribution in [3.8, 4) is 11.1 Å². The van der Waals surface area contributed by atoms with Crippen LogP contribution in [0.15, 0.2) is 160 Å². The summed E-state index contributed by atoms with van der Waals surface area (Å²) < 4.78 is 14.8. The van der Waals surface area contributed by atoms with Gasteiger partial charge in [-0.25, -0.2) is 0 Å². The average molecular weight is 1100 g/mol. The fourth-order valence-electron chi connectivity index (χ4n) is 16.2. The molecule has 0 bridgehead atoms. The van der Waals surface area contributed by atoms with Crippen LogP contribution in [0.3, 0.4) is 0 Å². The Morgan fingerprint density at radius 2 is 1.05 bits per heavy atom. The van der Waals surface area contributed by atoms with Crippen LogP contribution in [0.25, 0.3) is 44.0 Å². The Balaban J connectivity index is 1.09. The first-order valence-corrected chi connectivity index (χ1v) is 31.4. The molecule has 2 unspecified atom stereocenters. The van der Waals surface area contributed by atoms with Crippen molar-refractivity contribution in [3.05, 3.63) is 185 Å². The molecule has 5 aliphatic rings. The summed E-state index contributed by atoms with van der Waals surface area (Å²) >= 11 is 0. The number of rotatable bonds is 5. The molecule has 424 valence electrons. The normalized spacial score (nSPS) is 20.2. The first-order valence-electron chi connectivity index (χ1n) is 31.4. The van der Waals surface area contributed by atoms with Crippen molar-refractivity contribution in [3.63, 3.8) is 0 Å². The molecule has 15 rings (SSSR count). The fraction of sp³-hybridized carbons (Fsp3) is 0.359. The second-order valence-corrected chi connectivity index (χ2v) is 30.8. The van der Waals surface area contributed by atoms with Crippen LogP contribution < -0.4 is 31.1 Å². The van der Waals surface area contributed by atoms with Crippen molar-refractivity contribution in [1.82, 2.24) is 0 Å². The number of fused-ring (bicyclic) bond motifs is 13. The smallest absolute Gasteiger partial charge is 0.257 e. The molecule has 0 radical (unpaired) electrons. The lowest BCUT2D eigenvalue weighted by Crippen LogP contribution is -2.64. The first-order chi connectivity index (χ1) is 39.7. The monoisotopic (exact) mass is 1100 g/mol. The van der Waals surface area contributed by atoms with Crippen molar-refractivity contribution in [2.24, 2.45) is 0 Å². The van der Waals surface area contributed by atoms with Crippen LogP contribution in [0.1, 0.15) is 176 Å². The van der Waals surface area contributed by atoms with Crippen LogP contribution >= 0.6 is 0 Å². The van der Waals surface area contributed by atoms with E-state index in [1.54, 1.807) is 0 Å². The predicted octanol–water partition coefficient (Wildman–Crippen LogP) is 20.1. The highest BCUT2D eigenvalue weighted by atomic mass is 16.4. The number of anilines is 8. The van der Waals surface area contributed by atoms with E-state index in [2.05, 4.69) is 270 Å². The maximum Gasteiger partial charge on any atom is 0.257 e. The molecular formula is C78H82BN3O2. The Morgan fingerprint density at radius 1 is 0.476 bits per heavy atom. The van der Waals surface area contributed by atoms with Crippen LogP contribution in [0.2, 0.25) is 0 Å². The molecule has 84 heavy (non-hydrogen) atoms. The molecule has 2 aromatic heterocycles. The van der Waals surface area contributed by atoms with Gasteiger partial charge in [-0.05, 0) is 182 Å². The third kappa shape index (κ3) is 7.59. The molecule has 6 heteroatoms. The van der Waals surface area contributed by atoms with Crippen LogP contribution in [-0.4, -0.2) is 12.3 Å². The summed E-state index contributed by atoms with van der Waals surface area (Å²) in [7, 11) is 0. The van der Waals surface area contributed by atoms with E-state index in [0.29, 0.717) is 0 Å². The second-order valence-electron chi connectivity index (χ2n) is 30.8. The molecule has 2 atom stereocenters. The summed E-state index contributed by atoms with van der Waals surface area (Å²) in [6.07, 6.45) is 6.81. The quantitative estimate of drug-likeness (QED) is 0.161. The third-order valence-electron chi connectivity index (χ3n) is 21.6. The third-order valence-corrected chi connectivity index (χ3v) is 21.6. The van der Waals surface area contributed by atoms with Gasteiger partial charge in [0.2, 0.25) is 5.88 Å². The maximum absolute atomic E-state index is 7.81. The Kier molecular flexibility index (Phi) is 11.2. The number of para-hydroxylation sites is 2. The number of furan rings is 2. The van der Waals surface area contributed by atoms with Gasteiger partial charge in [0.15, 0.2) is 0 Å². The summed E-state index contributed by atoms with van der Waals surface area (Å²) in [4.78, 5) is 7.96. The topological polar surface area (TPSA) is 36.0 Å². The average Bonchev–Trinajstić information content (AvgIpc) is 1.46. The molecule has 5 heterocycles. The van der Waals surface area contributed by atoms with Gasteiger partial charge >= 0.3 is 0 Å². The van der Waals surface area contributed by atoms with Gasteiger partial charge in [-0.1, -0.05) is 189 Å². The van der Waals surface area contributed by atoms with E-state index in [1.807, 2.05) is 0 Å². The van der Waals surface area contributed by atoms with Gasteiger partial charge in [-0.2, -0.15) is 0 Å². The summed E-state index contributed by atoms with van der Waals surface area (Å²) in [5.41, 5.74) is 25.2. The van der Waals surface area contributed by atoms with E-state index in [0.717, 1.165) is 93.1 Å². The van der Waals surface area contributed by atoms with E-state index >= 15 is 0 Å². The summed E-state index contributed by atoms with van der Waals surface area (Å²) in [5.74, 6) is 0.905. The molecule has 0 saturated heterocycles. The minimum Gasteiger partial charge on any atom is -0.455 e. The number of benzene rings is 8. The van der Waals surface area contributed by atoms with E-state index in [-0.39, 0.29) is 44.7 Å².